The van der Waals surface area contributed by atoms with Crippen molar-refractivity contribution >= 4 is 35.0 Å². The van der Waals surface area contributed by atoms with Crippen molar-refractivity contribution in [3.05, 3.63) is 64.8 Å². The lowest BCUT2D eigenvalue weighted by Crippen LogP contribution is -2.26. The van der Waals surface area contributed by atoms with E-state index in [1.54, 1.807) is 31.6 Å². The molecule has 0 N–H and O–H groups in total. The van der Waals surface area contributed by atoms with Crippen LogP contribution < -0.4 is 4.90 Å². The van der Waals surface area contributed by atoms with Crippen LogP contribution in [-0.4, -0.2) is 32.9 Å². The van der Waals surface area contributed by atoms with Gasteiger partial charge >= 0.3 is 0 Å². The van der Waals surface area contributed by atoms with E-state index in [4.69, 9.17) is 11.6 Å². The van der Waals surface area contributed by atoms with Crippen molar-refractivity contribution in [2.75, 3.05) is 11.9 Å². The molecule has 0 aliphatic heterocycles. The second-order valence-electron chi connectivity index (χ2n) is 5.62. The third-order valence-corrected chi connectivity index (χ3v) is 4.83. The van der Waals surface area contributed by atoms with Crippen molar-refractivity contribution in [1.82, 2.24) is 19.9 Å². The van der Waals surface area contributed by atoms with E-state index < -0.39 is 0 Å². The zero-order valence-corrected chi connectivity index (χ0v) is 16.0. The number of hydrogen-bond donors (Lipinski definition) is 0. The lowest BCUT2D eigenvalue weighted by molar-refractivity contribution is 0.0992. The molecule has 6 nitrogen and oxygen atoms in total. The molecule has 0 aliphatic carbocycles. The zero-order valence-electron chi connectivity index (χ0n) is 14.5. The van der Waals surface area contributed by atoms with Crippen LogP contribution in [0.4, 0.5) is 5.69 Å². The summed E-state index contributed by atoms with van der Waals surface area (Å²) in [5.41, 5.74) is 2.84. The van der Waals surface area contributed by atoms with Crippen LogP contribution in [0.1, 0.15) is 21.7 Å². The normalized spacial score (nSPS) is 10.6. The van der Waals surface area contributed by atoms with E-state index in [0.29, 0.717) is 26.5 Å². The molecule has 0 spiro atoms. The average molecular weight is 386 g/mol. The topological polar surface area (TPSA) is 71.9 Å². The highest BCUT2D eigenvalue weighted by Gasteiger charge is 2.17. The highest BCUT2D eigenvalue weighted by molar-refractivity contribution is 7.99. The summed E-state index contributed by atoms with van der Waals surface area (Å²) in [4.78, 5) is 31.2. The number of aromatic nitrogens is 4. The smallest absolute Gasteiger partial charge is 0.259 e. The van der Waals surface area contributed by atoms with Gasteiger partial charge < -0.3 is 4.90 Å². The van der Waals surface area contributed by atoms with E-state index in [1.165, 1.54) is 22.9 Å². The Morgan fingerprint density at radius 1 is 1.15 bits per heavy atom. The van der Waals surface area contributed by atoms with Crippen LogP contribution in [0.3, 0.4) is 0 Å². The number of hydrogen-bond acceptors (Lipinski definition) is 6. The van der Waals surface area contributed by atoms with E-state index >= 15 is 0 Å². The van der Waals surface area contributed by atoms with Gasteiger partial charge in [0.15, 0.2) is 5.16 Å². The number of halogens is 1. The second-order valence-corrected chi connectivity index (χ2v) is 6.98. The maximum Gasteiger partial charge on any atom is 0.259 e. The third kappa shape index (κ3) is 4.17. The average Bonchev–Trinajstić information content (AvgIpc) is 2.62. The summed E-state index contributed by atoms with van der Waals surface area (Å²) in [6.07, 6.45) is 4.78. The van der Waals surface area contributed by atoms with Crippen molar-refractivity contribution in [3.63, 3.8) is 0 Å². The summed E-state index contributed by atoms with van der Waals surface area (Å²) >= 11 is 7.60. The standard InChI is InChI=1S/C18H16ClN5OS/c1-11-7-12(2)23-18(22-11)26-16-15(19)8-13(9-21-16)17(25)24(3)14-5-4-6-20-10-14/h4-10H,1-3H3. The summed E-state index contributed by atoms with van der Waals surface area (Å²) in [5, 5.41) is 1.50. The van der Waals surface area contributed by atoms with Crippen molar-refractivity contribution in [1.29, 1.82) is 0 Å². The molecular weight excluding hydrogens is 370 g/mol. The molecule has 1 amide bonds. The summed E-state index contributed by atoms with van der Waals surface area (Å²) < 4.78 is 0. The first-order chi connectivity index (χ1) is 12.4. The molecule has 3 aromatic heterocycles. The molecule has 0 aromatic carbocycles. The number of anilines is 1. The SMILES string of the molecule is Cc1cc(C)nc(Sc2ncc(C(=O)N(C)c3cccnc3)cc2Cl)n1. The number of rotatable bonds is 4. The van der Waals surface area contributed by atoms with E-state index in [2.05, 4.69) is 19.9 Å². The minimum Gasteiger partial charge on any atom is -0.310 e. The van der Waals surface area contributed by atoms with Gasteiger partial charge in [-0.05, 0) is 49.9 Å². The zero-order chi connectivity index (χ0) is 18.7. The van der Waals surface area contributed by atoms with Crippen LogP contribution >= 0.6 is 23.4 Å². The van der Waals surface area contributed by atoms with Gasteiger partial charge in [0.2, 0.25) is 0 Å². The van der Waals surface area contributed by atoms with Gasteiger partial charge in [-0.1, -0.05) is 11.6 Å². The van der Waals surface area contributed by atoms with E-state index in [-0.39, 0.29) is 5.91 Å². The number of aryl methyl sites for hydroxylation is 2. The first-order valence-electron chi connectivity index (χ1n) is 7.78. The van der Waals surface area contributed by atoms with Crippen molar-refractivity contribution < 1.29 is 4.79 Å². The Morgan fingerprint density at radius 3 is 2.50 bits per heavy atom. The van der Waals surface area contributed by atoms with Crippen molar-refractivity contribution in [2.24, 2.45) is 0 Å². The second kappa shape index (κ2) is 7.80. The van der Waals surface area contributed by atoms with Gasteiger partial charge in [-0.15, -0.1) is 0 Å². The Labute approximate surface area is 160 Å². The Hall–Kier alpha value is -2.51. The summed E-state index contributed by atoms with van der Waals surface area (Å²) in [5.74, 6) is -0.216. The molecule has 0 saturated carbocycles. The van der Waals surface area contributed by atoms with Crippen LogP contribution in [0, 0.1) is 13.8 Å². The van der Waals surface area contributed by atoms with Gasteiger partial charge in [0.25, 0.3) is 5.91 Å². The van der Waals surface area contributed by atoms with Gasteiger partial charge in [-0.2, -0.15) is 0 Å². The molecule has 0 saturated heterocycles. The predicted octanol–water partition coefficient (Wildman–Crippen LogP) is 3.96. The first-order valence-corrected chi connectivity index (χ1v) is 8.97. The lowest BCUT2D eigenvalue weighted by Gasteiger charge is -2.17. The highest BCUT2D eigenvalue weighted by Crippen LogP contribution is 2.30. The lowest BCUT2D eigenvalue weighted by atomic mass is 10.2. The van der Waals surface area contributed by atoms with Crippen molar-refractivity contribution in [3.8, 4) is 0 Å². The largest absolute Gasteiger partial charge is 0.310 e. The number of carbonyl (C=O) groups is 1. The molecular formula is C18H16ClN5OS. The first kappa shape index (κ1) is 18.3. The van der Waals surface area contributed by atoms with E-state index in [1.807, 2.05) is 26.0 Å². The van der Waals surface area contributed by atoms with Crippen LogP contribution in [0.15, 0.2) is 53.0 Å². The van der Waals surface area contributed by atoms with Crippen LogP contribution in [0.5, 0.6) is 0 Å². The minimum atomic E-state index is -0.216. The number of nitrogens with zero attached hydrogens (tertiary/aromatic N) is 5. The predicted molar refractivity (Wildman–Crippen MR) is 102 cm³/mol. The molecule has 3 aromatic rings. The molecule has 0 aliphatic rings. The van der Waals surface area contributed by atoms with Gasteiger partial charge in [-0.3, -0.25) is 9.78 Å². The van der Waals surface area contributed by atoms with Crippen molar-refractivity contribution in [2.45, 2.75) is 24.0 Å². The molecule has 0 atom stereocenters. The Morgan fingerprint density at radius 2 is 1.88 bits per heavy atom. The summed E-state index contributed by atoms with van der Waals surface area (Å²) in [6.45, 7) is 3.81. The van der Waals surface area contributed by atoms with Crippen LogP contribution in [0.25, 0.3) is 0 Å². The fourth-order valence-electron chi connectivity index (χ4n) is 2.31. The van der Waals surface area contributed by atoms with Gasteiger partial charge in [-0.25, -0.2) is 15.0 Å². The molecule has 0 fully saturated rings. The maximum absolute atomic E-state index is 12.6. The van der Waals surface area contributed by atoms with E-state index in [0.717, 1.165) is 11.4 Å². The third-order valence-electron chi connectivity index (χ3n) is 3.54. The van der Waals surface area contributed by atoms with E-state index in [9.17, 15) is 4.79 Å². The van der Waals surface area contributed by atoms with Crippen LogP contribution in [-0.2, 0) is 0 Å². The van der Waals surface area contributed by atoms with Crippen LogP contribution in [0.2, 0.25) is 5.02 Å². The fourth-order valence-corrected chi connectivity index (χ4v) is 3.40. The molecule has 132 valence electrons. The van der Waals surface area contributed by atoms with Gasteiger partial charge in [0, 0.05) is 30.8 Å². The number of carbonyl (C=O) groups excluding carboxylic acids is 1. The Balaban J connectivity index is 1.82. The molecule has 0 bridgehead atoms. The maximum atomic E-state index is 12.6. The molecule has 0 radical (unpaired) electrons. The molecule has 26 heavy (non-hydrogen) atoms. The summed E-state index contributed by atoms with van der Waals surface area (Å²) in [6, 6.07) is 7.08. The number of pyridine rings is 2. The summed E-state index contributed by atoms with van der Waals surface area (Å²) in [7, 11) is 1.68. The molecule has 8 heteroatoms. The molecule has 0 unspecified atom stereocenters. The van der Waals surface area contributed by atoms with Gasteiger partial charge in [0.05, 0.1) is 22.5 Å². The Bertz CT molecular complexity index is 931. The molecule has 3 heterocycles. The quantitative estimate of drug-likeness (QED) is 0.633. The molecule has 3 rings (SSSR count). The monoisotopic (exact) mass is 385 g/mol. The minimum absolute atomic E-state index is 0.216. The highest BCUT2D eigenvalue weighted by atomic mass is 35.5. The fraction of sp³-hybridized carbons (Fsp3) is 0.167. The Kier molecular flexibility index (Phi) is 5.49. The van der Waals surface area contributed by atoms with Gasteiger partial charge in [0.1, 0.15) is 5.03 Å². The number of amides is 1.